The smallest absolute Gasteiger partial charge is 0.254 e. The van der Waals surface area contributed by atoms with E-state index in [1.165, 1.54) is 0 Å². The molecule has 1 fully saturated rings. The van der Waals surface area contributed by atoms with Gasteiger partial charge in [-0.1, -0.05) is 12.1 Å². The fourth-order valence-corrected chi connectivity index (χ4v) is 3.98. The third-order valence-corrected chi connectivity index (χ3v) is 5.94. The van der Waals surface area contributed by atoms with Crippen molar-refractivity contribution >= 4 is 17.5 Å². The molecule has 2 aliphatic heterocycles. The highest BCUT2D eigenvalue weighted by atomic mass is 16.5. The zero-order valence-electron chi connectivity index (χ0n) is 18.7. The molecule has 0 saturated carbocycles. The molecule has 0 spiro atoms. The molecule has 0 radical (unpaired) electrons. The third kappa shape index (κ3) is 5.22. The van der Waals surface area contributed by atoms with E-state index in [0.717, 1.165) is 36.1 Å². The molecule has 32 heavy (non-hydrogen) atoms. The van der Waals surface area contributed by atoms with Gasteiger partial charge in [-0.25, -0.2) is 0 Å². The van der Waals surface area contributed by atoms with Gasteiger partial charge in [-0.15, -0.1) is 0 Å². The second-order valence-electron chi connectivity index (χ2n) is 8.33. The predicted octanol–water partition coefficient (Wildman–Crippen LogP) is 3.72. The normalized spacial score (nSPS) is 17.5. The van der Waals surface area contributed by atoms with Crippen LogP contribution in [0.15, 0.2) is 36.4 Å². The van der Waals surface area contributed by atoms with Crippen LogP contribution >= 0.6 is 0 Å². The van der Waals surface area contributed by atoms with Crippen molar-refractivity contribution in [2.75, 3.05) is 38.2 Å². The summed E-state index contributed by atoms with van der Waals surface area (Å²) >= 11 is 0. The largest absolute Gasteiger partial charge is 0.490 e. The van der Waals surface area contributed by atoms with Crippen molar-refractivity contribution < 1.29 is 23.8 Å². The number of hydrogen-bond donors (Lipinski definition) is 1. The zero-order valence-corrected chi connectivity index (χ0v) is 18.7. The van der Waals surface area contributed by atoms with Crippen molar-refractivity contribution in [3.63, 3.8) is 0 Å². The van der Waals surface area contributed by atoms with Crippen LogP contribution in [0, 0.1) is 13.8 Å². The fourth-order valence-electron chi connectivity index (χ4n) is 3.98. The van der Waals surface area contributed by atoms with Crippen molar-refractivity contribution in [3.8, 4) is 11.5 Å². The van der Waals surface area contributed by atoms with E-state index < -0.39 is 0 Å². The lowest BCUT2D eigenvalue weighted by molar-refractivity contribution is -0.117. The number of carbonyl (C=O) groups excluding carboxylic acids is 2. The first-order valence-electron chi connectivity index (χ1n) is 11.2. The van der Waals surface area contributed by atoms with Crippen LogP contribution in [-0.4, -0.2) is 55.7 Å². The van der Waals surface area contributed by atoms with Gasteiger partial charge in [-0.05, 0) is 62.1 Å². The Hall–Kier alpha value is -3.06. The average molecular weight is 439 g/mol. The number of nitrogens with one attached hydrogen (secondary N) is 1. The molecule has 7 heteroatoms. The summed E-state index contributed by atoms with van der Waals surface area (Å²) in [7, 11) is 0. The Morgan fingerprint density at radius 1 is 1.03 bits per heavy atom. The summed E-state index contributed by atoms with van der Waals surface area (Å²) in [5, 5.41) is 2.95. The summed E-state index contributed by atoms with van der Waals surface area (Å²) in [4.78, 5) is 27.9. The van der Waals surface area contributed by atoms with Crippen LogP contribution < -0.4 is 14.8 Å². The monoisotopic (exact) mass is 438 g/mol. The van der Waals surface area contributed by atoms with Gasteiger partial charge in [0.25, 0.3) is 5.91 Å². The quantitative estimate of drug-likeness (QED) is 0.744. The Bertz CT molecular complexity index is 984. The number of nitrogens with zero attached hydrogens (tertiary/aromatic N) is 1. The Morgan fingerprint density at radius 3 is 2.62 bits per heavy atom. The first-order chi connectivity index (χ1) is 15.5. The molecule has 2 amide bonds. The molecule has 4 rings (SSSR count). The number of hydrogen-bond acceptors (Lipinski definition) is 5. The van der Waals surface area contributed by atoms with E-state index >= 15 is 0 Å². The molecular formula is C25H30N2O5. The molecule has 1 N–H and O–H groups in total. The summed E-state index contributed by atoms with van der Waals surface area (Å²) in [5.74, 6) is 0.731. The van der Waals surface area contributed by atoms with E-state index in [4.69, 9.17) is 14.2 Å². The number of rotatable bonds is 6. The number of carbonyl (C=O) groups is 2. The van der Waals surface area contributed by atoms with Gasteiger partial charge in [0.05, 0.1) is 19.3 Å². The standard InChI is InChI=1S/C25H30N2O5/c1-17-6-3-8-21(18(17)2)26-24(28)16-27(15-20-7-4-11-30-20)25(29)19-9-10-22-23(14-19)32-13-5-12-31-22/h3,6,8-10,14,20H,4-5,7,11-13,15-16H2,1-2H3,(H,26,28). The van der Waals surface area contributed by atoms with E-state index in [-0.39, 0.29) is 24.5 Å². The minimum Gasteiger partial charge on any atom is -0.490 e. The highest BCUT2D eigenvalue weighted by Gasteiger charge is 2.26. The summed E-state index contributed by atoms with van der Waals surface area (Å²) in [6.45, 7) is 6.10. The molecule has 7 nitrogen and oxygen atoms in total. The topological polar surface area (TPSA) is 77.1 Å². The Balaban J connectivity index is 1.52. The van der Waals surface area contributed by atoms with Crippen molar-refractivity contribution in [1.82, 2.24) is 4.90 Å². The molecule has 0 bridgehead atoms. The molecule has 2 aliphatic rings. The minimum atomic E-state index is -0.237. The first-order valence-corrected chi connectivity index (χ1v) is 11.2. The lowest BCUT2D eigenvalue weighted by Gasteiger charge is -2.25. The summed E-state index contributed by atoms with van der Waals surface area (Å²) < 4.78 is 17.1. The van der Waals surface area contributed by atoms with Crippen LogP contribution in [0.25, 0.3) is 0 Å². The Morgan fingerprint density at radius 2 is 1.84 bits per heavy atom. The van der Waals surface area contributed by atoms with E-state index in [0.29, 0.717) is 43.4 Å². The van der Waals surface area contributed by atoms with Crippen LogP contribution in [0.4, 0.5) is 5.69 Å². The van der Waals surface area contributed by atoms with Crippen LogP contribution in [0.2, 0.25) is 0 Å². The second-order valence-corrected chi connectivity index (χ2v) is 8.33. The maximum absolute atomic E-state index is 13.4. The van der Waals surface area contributed by atoms with E-state index in [1.807, 2.05) is 32.0 Å². The van der Waals surface area contributed by atoms with Crippen molar-refractivity contribution in [2.24, 2.45) is 0 Å². The summed E-state index contributed by atoms with van der Waals surface area (Å²) in [5.41, 5.74) is 3.34. The highest BCUT2D eigenvalue weighted by molar-refractivity contribution is 6.00. The maximum Gasteiger partial charge on any atom is 0.254 e. The summed E-state index contributed by atoms with van der Waals surface area (Å²) in [6.07, 6.45) is 2.57. The van der Waals surface area contributed by atoms with Gasteiger partial charge in [0.1, 0.15) is 6.54 Å². The SMILES string of the molecule is Cc1cccc(NC(=O)CN(CC2CCCO2)C(=O)c2ccc3c(c2)OCCCO3)c1C. The first kappa shape index (κ1) is 22.1. The Labute approximate surface area is 188 Å². The molecule has 1 unspecified atom stereocenters. The van der Waals surface area contributed by atoms with Crippen LogP contribution in [0.1, 0.15) is 40.7 Å². The average Bonchev–Trinajstić information content (AvgIpc) is 3.18. The maximum atomic E-state index is 13.4. The molecule has 1 saturated heterocycles. The van der Waals surface area contributed by atoms with Crippen molar-refractivity contribution in [3.05, 3.63) is 53.1 Å². The van der Waals surface area contributed by atoms with Gasteiger partial charge in [0.2, 0.25) is 5.91 Å². The van der Waals surface area contributed by atoms with Crippen LogP contribution in [0.3, 0.4) is 0 Å². The van der Waals surface area contributed by atoms with Gasteiger partial charge in [-0.3, -0.25) is 9.59 Å². The van der Waals surface area contributed by atoms with Crippen molar-refractivity contribution in [1.29, 1.82) is 0 Å². The summed E-state index contributed by atoms with van der Waals surface area (Å²) in [6, 6.07) is 11.0. The molecule has 1 atom stereocenters. The van der Waals surface area contributed by atoms with Gasteiger partial charge >= 0.3 is 0 Å². The molecular weight excluding hydrogens is 408 g/mol. The lowest BCUT2D eigenvalue weighted by Crippen LogP contribution is -2.42. The van der Waals surface area contributed by atoms with Crippen LogP contribution in [-0.2, 0) is 9.53 Å². The predicted molar refractivity (Wildman–Crippen MR) is 121 cm³/mol. The van der Waals surface area contributed by atoms with Gasteiger partial charge < -0.3 is 24.4 Å². The number of amides is 2. The van der Waals surface area contributed by atoms with E-state index in [9.17, 15) is 9.59 Å². The van der Waals surface area contributed by atoms with Gasteiger partial charge in [0, 0.05) is 30.8 Å². The molecule has 0 aromatic heterocycles. The number of aryl methyl sites for hydroxylation is 1. The van der Waals surface area contributed by atoms with Gasteiger partial charge in [0.15, 0.2) is 11.5 Å². The molecule has 170 valence electrons. The molecule has 0 aliphatic carbocycles. The Kier molecular flexibility index (Phi) is 6.95. The number of ether oxygens (including phenoxy) is 3. The van der Waals surface area contributed by atoms with E-state index in [2.05, 4.69) is 5.32 Å². The number of benzene rings is 2. The molecule has 2 aromatic carbocycles. The number of fused-ring (bicyclic) bond motifs is 1. The zero-order chi connectivity index (χ0) is 22.5. The lowest BCUT2D eigenvalue weighted by atomic mass is 10.1. The third-order valence-electron chi connectivity index (χ3n) is 5.94. The number of anilines is 1. The molecule has 2 aromatic rings. The molecule has 2 heterocycles. The van der Waals surface area contributed by atoms with Crippen molar-refractivity contribution in [2.45, 2.75) is 39.2 Å². The van der Waals surface area contributed by atoms with E-state index in [1.54, 1.807) is 23.1 Å². The second kappa shape index (κ2) is 10.0. The fraction of sp³-hybridized carbons (Fsp3) is 0.440. The van der Waals surface area contributed by atoms with Gasteiger partial charge in [-0.2, -0.15) is 0 Å². The highest BCUT2D eigenvalue weighted by Crippen LogP contribution is 2.31. The minimum absolute atomic E-state index is 0.0550. The van der Waals surface area contributed by atoms with Crippen LogP contribution in [0.5, 0.6) is 11.5 Å².